The fourth-order valence-electron chi connectivity index (χ4n) is 3.36. The number of hydrogen-bond donors (Lipinski definition) is 0. The summed E-state index contributed by atoms with van der Waals surface area (Å²) in [6.07, 6.45) is 11.8. The summed E-state index contributed by atoms with van der Waals surface area (Å²) in [7, 11) is -2.93. The molecule has 0 amide bonds. The second-order valence-corrected chi connectivity index (χ2v) is 12.5. The van der Waals surface area contributed by atoms with Gasteiger partial charge in [-0.1, -0.05) is 92.9 Å². The van der Waals surface area contributed by atoms with Gasteiger partial charge in [0.2, 0.25) is 0 Å². The number of rotatable bonds is 16. The lowest BCUT2D eigenvalue weighted by atomic mass is 10.1. The molecule has 160 valence electrons. The lowest BCUT2D eigenvalue weighted by molar-refractivity contribution is -0.142. The zero-order chi connectivity index (χ0) is 20.7. The van der Waals surface area contributed by atoms with Crippen LogP contribution in [-0.4, -0.2) is 20.5 Å². The summed E-state index contributed by atoms with van der Waals surface area (Å²) in [4.78, 5) is 24.9. The van der Waals surface area contributed by atoms with Gasteiger partial charge < -0.3 is 8.85 Å². The molecular formula is C22H44O4Si. The quantitative estimate of drug-likeness (QED) is 0.206. The van der Waals surface area contributed by atoms with E-state index in [1.165, 1.54) is 25.7 Å². The molecule has 0 fully saturated rings. The third-order valence-electron chi connectivity index (χ3n) is 5.13. The maximum absolute atomic E-state index is 12.4. The Morgan fingerprint density at radius 2 is 0.963 bits per heavy atom. The van der Waals surface area contributed by atoms with Crippen LogP contribution in [0.1, 0.15) is 119 Å². The van der Waals surface area contributed by atoms with Crippen molar-refractivity contribution >= 4 is 20.5 Å². The molecule has 4 nitrogen and oxygen atoms in total. The van der Waals surface area contributed by atoms with Gasteiger partial charge >= 0.3 is 8.56 Å². The molecule has 0 saturated carbocycles. The highest BCUT2D eigenvalue weighted by Gasteiger charge is 2.51. The normalized spacial score (nSPS) is 11.9. The number of carbonyl (C=O) groups is 2. The first-order valence-corrected chi connectivity index (χ1v) is 13.2. The molecule has 0 heterocycles. The van der Waals surface area contributed by atoms with Gasteiger partial charge in [0.05, 0.1) is 0 Å². The van der Waals surface area contributed by atoms with Gasteiger partial charge in [-0.3, -0.25) is 9.59 Å². The number of hydrogen-bond acceptors (Lipinski definition) is 4. The zero-order valence-electron chi connectivity index (χ0n) is 18.8. The van der Waals surface area contributed by atoms with Gasteiger partial charge in [-0.2, -0.15) is 0 Å². The fourth-order valence-corrected chi connectivity index (χ4v) is 6.60. The van der Waals surface area contributed by atoms with Crippen LogP contribution < -0.4 is 0 Å². The summed E-state index contributed by atoms with van der Waals surface area (Å²) in [5, 5.41) is 0. The van der Waals surface area contributed by atoms with Crippen molar-refractivity contribution in [3.8, 4) is 0 Å². The first-order chi connectivity index (χ1) is 12.8. The summed E-state index contributed by atoms with van der Waals surface area (Å²) in [6, 6.07) is 0. The van der Waals surface area contributed by atoms with Crippen LogP contribution in [0.4, 0.5) is 0 Å². The highest BCUT2D eigenvalue weighted by Crippen LogP contribution is 2.35. The third-order valence-corrected chi connectivity index (χ3v) is 9.44. The SMILES string of the molecule is CCCCCCCC(=O)O[Si](OC(=O)CCCCCCC)(C(C)C)C(C)C. The van der Waals surface area contributed by atoms with Crippen molar-refractivity contribution in [3.05, 3.63) is 0 Å². The van der Waals surface area contributed by atoms with E-state index >= 15 is 0 Å². The van der Waals surface area contributed by atoms with Crippen LogP contribution in [0.2, 0.25) is 11.1 Å². The lowest BCUT2D eigenvalue weighted by Crippen LogP contribution is -2.51. The molecule has 0 unspecified atom stereocenters. The lowest BCUT2D eigenvalue weighted by Gasteiger charge is -2.35. The Bertz CT molecular complexity index is 369. The molecule has 0 rings (SSSR count). The molecule has 5 heteroatoms. The van der Waals surface area contributed by atoms with Crippen molar-refractivity contribution in [3.63, 3.8) is 0 Å². The Kier molecular flexibility index (Phi) is 14.7. The van der Waals surface area contributed by atoms with Gasteiger partial charge in [-0.05, 0) is 12.8 Å². The molecule has 0 bridgehead atoms. The molecule has 0 N–H and O–H groups in total. The zero-order valence-corrected chi connectivity index (χ0v) is 19.8. The van der Waals surface area contributed by atoms with Gasteiger partial charge in [0, 0.05) is 23.9 Å². The molecule has 0 saturated heterocycles. The average molecular weight is 401 g/mol. The van der Waals surface area contributed by atoms with Gasteiger partial charge in [-0.25, -0.2) is 0 Å². The maximum Gasteiger partial charge on any atom is 0.469 e. The second-order valence-electron chi connectivity index (χ2n) is 8.31. The monoisotopic (exact) mass is 400 g/mol. The topological polar surface area (TPSA) is 52.6 Å². The van der Waals surface area contributed by atoms with E-state index in [0.717, 1.165) is 38.5 Å². The van der Waals surface area contributed by atoms with E-state index in [1.807, 2.05) is 27.7 Å². The van der Waals surface area contributed by atoms with Crippen LogP contribution in [0.25, 0.3) is 0 Å². The van der Waals surface area contributed by atoms with Crippen LogP contribution in [0.5, 0.6) is 0 Å². The van der Waals surface area contributed by atoms with Crippen molar-refractivity contribution in [1.29, 1.82) is 0 Å². The van der Waals surface area contributed by atoms with Crippen molar-refractivity contribution in [2.75, 3.05) is 0 Å². The Morgan fingerprint density at radius 1 is 0.630 bits per heavy atom. The van der Waals surface area contributed by atoms with E-state index < -0.39 is 8.56 Å². The Labute approximate surface area is 169 Å². The minimum atomic E-state index is -2.93. The molecule has 0 radical (unpaired) electrons. The summed E-state index contributed by atoms with van der Waals surface area (Å²) in [5.41, 5.74) is 0.0937. The third kappa shape index (κ3) is 10.9. The first kappa shape index (κ1) is 26.2. The predicted octanol–water partition coefficient (Wildman–Crippen LogP) is 7.06. The predicted molar refractivity (Wildman–Crippen MR) is 115 cm³/mol. The minimum Gasteiger partial charge on any atom is -0.484 e. The van der Waals surface area contributed by atoms with Crippen molar-refractivity contribution < 1.29 is 18.4 Å². The molecule has 0 aliphatic heterocycles. The van der Waals surface area contributed by atoms with Crippen LogP contribution >= 0.6 is 0 Å². The largest absolute Gasteiger partial charge is 0.484 e. The molecule has 0 atom stereocenters. The van der Waals surface area contributed by atoms with Crippen molar-refractivity contribution in [1.82, 2.24) is 0 Å². The van der Waals surface area contributed by atoms with Gasteiger partial charge in [0.1, 0.15) is 0 Å². The number of unbranched alkanes of at least 4 members (excludes halogenated alkanes) is 8. The first-order valence-electron chi connectivity index (χ1n) is 11.2. The van der Waals surface area contributed by atoms with Crippen LogP contribution in [0.15, 0.2) is 0 Å². The standard InChI is InChI=1S/C22H44O4Si/c1-7-9-11-13-15-17-21(23)25-27(19(3)4,20(5)6)26-22(24)18-16-14-12-10-8-2/h19-20H,7-18H2,1-6H3. The van der Waals surface area contributed by atoms with E-state index in [1.54, 1.807) is 0 Å². The van der Waals surface area contributed by atoms with Crippen molar-refractivity contribution in [2.24, 2.45) is 0 Å². The Morgan fingerprint density at radius 3 is 1.26 bits per heavy atom. The highest BCUT2D eigenvalue weighted by molar-refractivity contribution is 6.73. The van der Waals surface area contributed by atoms with Crippen LogP contribution in [0, 0.1) is 0 Å². The smallest absolute Gasteiger partial charge is 0.469 e. The van der Waals surface area contributed by atoms with E-state index in [-0.39, 0.29) is 23.0 Å². The molecular weight excluding hydrogens is 356 g/mol. The molecule has 0 aromatic heterocycles. The van der Waals surface area contributed by atoms with Crippen LogP contribution in [0.3, 0.4) is 0 Å². The van der Waals surface area contributed by atoms with E-state index in [2.05, 4.69) is 13.8 Å². The average Bonchev–Trinajstić information content (AvgIpc) is 2.60. The maximum atomic E-state index is 12.4. The Hall–Kier alpha value is -0.843. The van der Waals surface area contributed by atoms with Gasteiger partial charge in [0.15, 0.2) is 0 Å². The van der Waals surface area contributed by atoms with Crippen molar-refractivity contribution in [2.45, 2.75) is 130 Å². The molecule has 0 aliphatic rings. The molecule has 27 heavy (non-hydrogen) atoms. The molecule has 0 aromatic rings. The second kappa shape index (κ2) is 15.1. The summed E-state index contributed by atoms with van der Waals surface area (Å²) in [6.45, 7) is 12.4. The molecule has 0 aromatic carbocycles. The summed E-state index contributed by atoms with van der Waals surface area (Å²) < 4.78 is 11.9. The summed E-state index contributed by atoms with van der Waals surface area (Å²) >= 11 is 0. The van der Waals surface area contributed by atoms with E-state index in [0.29, 0.717) is 12.8 Å². The van der Waals surface area contributed by atoms with Crippen LogP contribution in [-0.2, 0) is 18.4 Å². The summed E-state index contributed by atoms with van der Waals surface area (Å²) in [5.74, 6) is -0.396. The van der Waals surface area contributed by atoms with Gasteiger partial charge in [0.25, 0.3) is 11.9 Å². The minimum absolute atomic E-state index is 0.0468. The number of carbonyl (C=O) groups excluding carboxylic acids is 2. The molecule has 0 aliphatic carbocycles. The van der Waals surface area contributed by atoms with E-state index in [4.69, 9.17) is 8.85 Å². The molecule has 0 spiro atoms. The fraction of sp³-hybridized carbons (Fsp3) is 0.909. The Balaban J connectivity index is 4.67. The van der Waals surface area contributed by atoms with Gasteiger partial charge in [-0.15, -0.1) is 0 Å². The highest BCUT2D eigenvalue weighted by atomic mass is 28.4. The van der Waals surface area contributed by atoms with E-state index in [9.17, 15) is 9.59 Å².